The number of carbonyl (C=O) groups is 2. The minimum atomic E-state index is -0.300. The summed E-state index contributed by atoms with van der Waals surface area (Å²) in [4.78, 5) is 24.8. The summed E-state index contributed by atoms with van der Waals surface area (Å²) in [5, 5.41) is 2.65. The molecule has 0 saturated heterocycles. The van der Waals surface area contributed by atoms with Crippen LogP contribution in [0.5, 0.6) is 0 Å². The van der Waals surface area contributed by atoms with Gasteiger partial charge in [-0.1, -0.05) is 12.1 Å². The first-order valence-corrected chi connectivity index (χ1v) is 6.83. The van der Waals surface area contributed by atoms with Crippen LogP contribution < -0.4 is 5.32 Å². The van der Waals surface area contributed by atoms with Crippen molar-refractivity contribution in [1.82, 2.24) is 4.90 Å². The predicted molar refractivity (Wildman–Crippen MR) is 82.9 cm³/mol. The van der Waals surface area contributed by atoms with Gasteiger partial charge in [0.15, 0.2) is 0 Å². The Bertz CT molecular complexity index is 666. The van der Waals surface area contributed by atoms with Crippen LogP contribution in [0, 0.1) is 5.82 Å². The van der Waals surface area contributed by atoms with E-state index in [1.54, 1.807) is 48.3 Å². The second-order valence-corrected chi connectivity index (χ2v) is 5.05. The van der Waals surface area contributed by atoms with Crippen LogP contribution in [0.15, 0.2) is 48.5 Å². The Hall–Kier alpha value is -2.69. The molecule has 0 unspecified atom stereocenters. The fourth-order valence-electron chi connectivity index (χ4n) is 2.06. The second-order valence-electron chi connectivity index (χ2n) is 5.05. The zero-order valence-electron chi connectivity index (χ0n) is 12.5. The molecule has 1 N–H and O–H groups in total. The molecule has 0 fully saturated rings. The molecule has 0 saturated carbocycles. The molecule has 0 spiro atoms. The van der Waals surface area contributed by atoms with Gasteiger partial charge in [0.2, 0.25) is 5.91 Å². The van der Waals surface area contributed by atoms with Crippen LogP contribution in [0.1, 0.15) is 22.8 Å². The summed E-state index contributed by atoms with van der Waals surface area (Å²) < 4.78 is 12.9. The molecule has 0 bridgehead atoms. The van der Waals surface area contributed by atoms with Crippen LogP contribution in [0.3, 0.4) is 0 Å². The Balaban J connectivity index is 2.03. The summed E-state index contributed by atoms with van der Waals surface area (Å²) in [7, 11) is 1.69. The van der Waals surface area contributed by atoms with E-state index in [4.69, 9.17) is 0 Å². The highest BCUT2D eigenvalue weighted by molar-refractivity contribution is 5.95. The number of rotatable bonds is 4. The molecule has 114 valence electrons. The number of hydrogen-bond acceptors (Lipinski definition) is 2. The van der Waals surface area contributed by atoms with Gasteiger partial charge in [-0.05, 0) is 42.0 Å². The molecule has 2 amide bonds. The van der Waals surface area contributed by atoms with Crippen molar-refractivity contribution in [2.75, 3.05) is 12.4 Å². The topological polar surface area (TPSA) is 49.4 Å². The van der Waals surface area contributed by atoms with Crippen LogP contribution in [0.25, 0.3) is 0 Å². The highest BCUT2D eigenvalue weighted by Crippen LogP contribution is 2.13. The molecule has 0 aromatic heterocycles. The second kappa shape index (κ2) is 6.85. The van der Waals surface area contributed by atoms with E-state index in [2.05, 4.69) is 5.32 Å². The van der Waals surface area contributed by atoms with Crippen molar-refractivity contribution in [2.45, 2.75) is 13.5 Å². The van der Waals surface area contributed by atoms with Crippen LogP contribution in [-0.2, 0) is 11.3 Å². The number of amides is 2. The Morgan fingerprint density at radius 3 is 2.18 bits per heavy atom. The highest BCUT2D eigenvalue weighted by atomic mass is 19.1. The first kappa shape index (κ1) is 15.7. The molecule has 0 aliphatic heterocycles. The van der Waals surface area contributed by atoms with E-state index in [9.17, 15) is 14.0 Å². The summed E-state index contributed by atoms with van der Waals surface area (Å²) >= 11 is 0. The van der Waals surface area contributed by atoms with Crippen LogP contribution in [-0.4, -0.2) is 23.8 Å². The summed E-state index contributed by atoms with van der Waals surface area (Å²) in [5.41, 5.74) is 2.02. The molecule has 0 radical (unpaired) electrons. The number of halogens is 1. The average Bonchev–Trinajstić information content (AvgIpc) is 2.49. The molecule has 0 aliphatic rings. The highest BCUT2D eigenvalue weighted by Gasteiger charge is 2.12. The predicted octanol–water partition coefficient (Wildman–Crippen LogP) is 3.06. The lowest BCUT2D eigenvalue weighted by Crippen LogP contribution is -2.26. The lowest BCUT2D eigenvalue weighted by atomic mass is 10.1. The third kappa shape index (κ3) is 4.15. The number of nitrogens with zero attached hydrogens (tertiary/aromatic N) is 1. The molecular weight excluding hydrogens is 283 g/mol. The number of carbonyl (C=O) groups excluding carboxylic acids is 2. The zero-order chi connectivity index (χ0) is 16.1. The van der Waals surface area contributed by atoms with E-state index in [1.807, 2.05) is 0 Å². The first-order valence-electron chi connectivity index (χ1n) is 6.83. The SMILES string of the molecule is CC(=O)Nc1ccc(C(=O)N(C)Cc2ccc(F)cc2)cc1. The number of nitrogens with one attached hydrogen (secondary N) is 1. The van der Waals surface area contributed by atoms with Crippen molar-refractivity contribution < 1.29 is 14.0 Å². The van der Waals surface area contributed by atoms with Crippen molar-refractivity contribution in [3.8, 4) is 0 Å². The fourth-order valence-corrected chi connectivity index (χ4v) is 2.06. The quantitative estimate of drug-likeness (QED) is 0.943. The fraction of sp³-hybridized carbons (Fsp3) is 0.176. The minimum absolute atomic E-state index is 0.140. The third-order valence-corrected chi connectivity index (χ3v) is 3.13. The Labute approximate surface area is 128 Å². The van der Waals surface area contributed by atoms with Crippen molar-refractivity contribution in [3.05, 3.63) is 65.5 Å². The maximum absolute atomic E-state index is 12.9. The van der Waals surface area contributed by atoms with Crippen molar-refractivity contribution >= 4 is 17.5 Å². The molecule has 22 heavy (non-hydrogen) atoms. The van der Waals surface area contributed by atoms with E-state index < -0.39 is 0 Å². The van der Waals surface area contributed by atoms with E-state index >= 15 is 0 Å². The Morgan fingerprint density at radius 1 is 1.05 bits per heavy atom. The van der Waals surface area contributed by atoms with Gasteiger partial charge in [-0.25, -0.2) is 4.39 Å². The van der Waals surface area contributed by atoms with Crippen molar-refractivity contribution in [1.29, 1.82) is 0 Å². The smallest absolute Gasteiger partial charge is 0.253 e. The molecule has 0 aliphatic carbocycles. The molecule has 0 heterocycles. The van der Waals surface area contributed by atoms with Gasteiger partial charge in [-0.3, -0.25) is 9.59 Å². The molecule has 2 aromatic rings. The number of anilines is 1. The van der Waals surface area contributed by atoms with Crippen LogP contribution >= 0.6 is 0 Å². The van der Waals surface area contributed by atoms with Gasteiger partial charge in [-0.15, -0.1) is 0 Å². The summed E-state index contributed by atoms with van der Waals surface area (Å²) in [5.74, 6) is -0.600. The maximum atomic E-state index is 12.9. The monoisotopic (exact) mass is 300 g/mol. The molecular formula is C17H17FN2O2. The lowest BCUT2D eigenvalue weighted by Gasteiger charge is -2.17. The van der Waals surface area contributed by atoms with Gasteiger partial charge >= 0.3 is 0 Å². The van der Waals surface area contributed by atoms with Gasteiger partial charge in [-0.2, -0.15) is 0 Å². The standard InChI is InChI=1S/C17H17FN2O2/c1-12(21)19-16-9-5-14(6-10-16)17(22)20(2)11-13-3-7-15(18)8-4-13/h3-10H,11H2,1-2H3,(H,19,21). The molecule has 5 heteroatoms. The van der Waals surface area contributed by atoms with E-state index in [-0.39, 0.29) is 17.6 Å². The Kier molecular flexibility index (Phi) is 4.88. The molecule has 4 nitrogen and oxygen atoms in total. The van der Waals surface area contributed by atoms with E-state index in [0.29, 0.717) is 17.8 Å². The lowest BCUT2D eigenvalue weighted by molar-refractivity contribution is -0.114. The number of benzene rings is 2. The van der Waals surface area contributed by atoms with Gasteiger partial charge in [0.25, 0.3) is 5.91 Å². The normalized spacial score (nSPS) is 10.1. The summed E-state index contributed by atoms with van der Waals surface area (Å²) in [6.07, 6.45) is 0. The molecule has 0 atom stereocenters. The summed E-state index contributed by atoms with van der Waals surface area (Å²) in [6.45, 7) is 1.82. The van der Waals surface area contributed by atoms with E-state index in [1.165, 1.54) is 19.1 Å². The third-order valence-electron chi connectivity index (χ3n) is 3.13. The molecule has 2 aromatic carbocycles. The van der Waals surface area contributed by atoms with Gasteiger partial charge in [0.05, 0.1) is 0 Å². The first-order chi connectivity index (χ1) is 10.5. The molecule has 2 rings (SSSR count). The van der Waals surface area contributed by atoms with Crippen LogP contribution in [0.4, 0.5) is 10.1 Å². The average molecular weight is 300 g/mol. The zero-order valence-corrected chi connectivity index (χ0v) is 12.5. The van der Waals surface area contributed by atoms with E-state index in [0.717, 1.165) is 5.56 Å². The van der Waals surface area contributed by atoms with Gasteiger partial charge < -0.3 is 10.2 Å². The maximum Gasteiger partial charge on any atom is 0.253 e. The van der Waals surface area contributed by atoms with Gasteiger partial charge in [0.1, 0.15) is 5.82 Å². The van der Waals surface area contributed by atoms with Crippen LogP contribution in [0.2, 0.25) is 0 Å². The summed E-state index contributed by atoms with van der Waals surface area (Å²) in [6, 6.07) is 12.7. The van der Waals surface area contributed by atoms with Crippen molar-refractivity contribution in [2.24, 2.45) is 0 Å². The minimum Gasteiger partial charge on any atom is -0.337 e. The van der Waals surface area contributed by atoms with Crippen molar-refractivity contribution in [3.63, 3.8) is 0 Å². The largest absolute Gasteiger partial charge is 0.337 e. The number of hydrogen-bond donors (Lipinski definition) is 1. The Morgan fingerprint density at radius 2 is 1.64 bits per heavy atom. The van der Waals surface area contributed by atoms with Gasteiger partial charge in [0, 0.05) is 31.8 Å².